The molecule has 8 heteroatoms. The van der Waals surface area contributed by atoms with Crippen LogP contribution in [-0.4, -0.2) is 33.4 Å². The molecule has 1 amide bonds. The van der Waals surface area contributed by atoms with E-state index in [9.17, 15) is 19.5 Å². The molecule has 0 radical (unpaired) electrons. The molecule has 0 unspecified atom stereocenters. The number of rotatable bonds is 5. The number of carbonyl (C=O) groups excluding carboxylic acids is 2. The SMILES string of the molecule is O=C(Cn1nnc2ccccc2c1=O)NCC1CCC(C(=O)[O-])CC1. The molecule has 132 valence electrons. The van der Waals surface area contributed by atoms with E-state index in [0.29, 0.717) is 30.3 Å². The molecule has 0 aliphatic heterocycles. The standard InChI is InChI=1S/C17H20N4O4/c22-15(18-9-11-5-7-12(8-6-11)17(24)25)10-21-16(23)13-3-1-2-4-14(13)19-20-21/h1-4,11-12H,5-10H2,(H,18,22)(H,24,25)/p-1. The third-order valence-electron chi connectivity index (χ3n) is 4.69. The highest BCUT2D eigenvalue weighted by Gasteiger charge is 2.22. The van der Waals surface area contributed by atoms with E-state index in [2.05, 4.69) is 15.6 Å². The van der Waals surface area contributed by atoms with Gasteiger partial charge in [0.1, 0.15) is 12.1 Å². The van der Waals surface area contributed by atoms with Crippen molar-refractivity contribution in [3.8, 4) is 0 Å². The maximum Gasteiger partial charge on any atom is 0.278 e. The van der Waals surface area contributed by atoms with E-state index in [4.69, 9.17) is 0 Å². The van der Waals surface area contributed by atoms with Crippen LogP contribution in [0, 0.1) is 11.8 Å². The van der Waals surface area contributed by atoms with Gasteiger partial charge in [0.05, 0.1) is 5.39 Å². The van der Waals surface area contributed by atoms with Crippen LogP contribution in [0.1, 0.15) is 25.7 Å². The number of benzene rings is 1. The molecule has 1 fully saturated rings. The van der Waals surface area contributed by atoms with E-state index in [0.717, 1.165) is 17.5 Å². The third kappa shape index (κ3) is 4.01. The molecule has 3 rings (SSSR count). The Labute approximate surface area is 143 Å². The summed E-state index contributed by atoms with van der Waals surface area (Å²) in [7, 11) is 0. The molecule has 1 aliphatic rings. The first kappa shape index (κ1) is 17.1. The summed E-state index contributed by atoms with van der Waals surface area (Å²) in [6, 6.07) is 6.84. The minimum Gasteiger partial charge on any atom is -0.550 e. The Kier molecular flexibility index (Phi) is 5.06. The molecule has 1 N–H and O–H groups in total. The quantitative estimate of drug-likeness (QED) is 0.779. The topological polar surface area (TPSA) is 117 Å². The lowest BCUT2D eigenvalue weighted by Crippen LogP contribution is -2.38. The highest BCUT2D eigenvalue weighted by Crippen LogP contribution is 2.27. The number of aliphatic carboxylic acids is 1. The van der Waals surface area contributed by atoms with Gasteiger partial charge in [0, 0.05) is 12.5 Å². The molecule has 1 aromatic heterocycles. The number of hydrogen-bond acceptors (Lipinski definition) is 6. The number of carboxylic acids is 1. The smallest absolute Gasteiger partial charge is 0.278 e. The molecule has 0 spiro atoms. The minimum absolute atomic E-state index is 0.189. The summed E-state index contributed by atoms with van der Waals surface area (Å²) < 4.78 is 1.05. The van der Waals surface area contributed by atoms with Crippen LogP contribution in [0.3, 0.4) is 0 Å². The summed E-state index contributed by atoms with van der Waals surface area (Å²) in [5.74, 6) is -1.43. The van der Waals surface area contributed by atoms with Crippen molar-refractivity contribution >= 4 is 22.8 Å². The molecule has 1 aliphatic carbocycles. The van der Waals surface area contributed by atoms with Crippen molar-refractivity contribution in [2.75, 3.05) is 6.54 Å². The van der Waals surface area contributed by atoms with Crippen molar-refractivity contribution in [3.05, 3.63) is 34.6 Å². The maximum atomic E-state index is 12.3. The zero-order chi connectivity index (χ0) is 17.8. The Morgan fingerprint density at radius 3 is 2.64 bits per heavy atom. The monoisotopic (exact) mass is 343 g/mol. The van der Waals surface area contributed by atoms with Gasteiger partial charge in [-0.2, -0.15) is 0 Å². The van der Waals surface area contributed by atoms with Crippen LogP contribution in [-0.2, 0) is 16.1 Å². The van der Waals surface area contributed by atoms with Gasteiger partial charge in [0.2, 0.25) is 5.91 Å². The lowest BCUT2D eigenvalue weighted by atomic mass is 9.82. The van der Waals surface area contributed by atoms with Crippen LogP contribution in [0.4, 0.5) is 0 Å². The van der Waals surface area contributed by atoms with Crippen LogP contribution in [0.2, 0.25) is 0 Å². The Morgan fingerprint density at radius 1 is 1.20 bits per heavy atom. The first-order valence-electron chi connectivity index (χ1n) is 8.34. The Balaban J connectivity index is 1.54. The molecule has 25 heavy (non-hydrogen) atoms. The summed E-state index contributed by atoms with van der Waals surface area (Å²) >= 11 is 0. The van der Waals surface area contributed by atoms with Gasteiger partial charge >= 0.3 is 0 Å². The molecule has 1 saturated carbocycles. The van der Waals surface area contributed by atoms with Gasteiger partial charge < -0.3 is 15.2 Å². The van der Waals surface area contributed by atoms with E-state index in [1.54, 1.807) is 24.3 Å². The van der Waals surface area contributed by atoms with Crippen LogP contribution in [0.15, 0.2) is 29.1 Å². The first-order chi connectivity index (χ1) is 12.0. The van der Waals surface area contributed by atoms with E-state index >= 15 is 0 Å². The van der Waals surface area contributed by atoms with Crippen molar-refractivity contribution < 1.29 is 14.7 Å². The largest absolute Gasteiger partial charge is 0.550 e. The Bertz CT molecular complexity index is 840. The average Bonchev–Trinajstić information content (AvgIpc) is 2.63. The number of hydrogen-bond donors (Lipinski definition) is 1. The number of carbonyl (C=O) groups is 2. The van der Waals surface area contributed by atoms with Gasteiger partial charge in [-0.1, -0.05) is 17.3 Å². The van der Waals surface area contributed by atoms with Crippen LogP contribution in [0.5, 0.6) is 0 Å². The van der Waals surface area contributed by atoms with Crippen LogP contribution < -0.4 is 16.0 Å². The summed E-state index contributed by atoms with van der Waals surface area (Å²) in [6.45, 7) is 0.277. The van der Waals surface area contributed by atoms with Crippen molar-refractivity contribution in [2.24, 2.45) is 11.8 Å². The predicted octanol–water partition coefficient (Wildman–Crippen LogP) is -0.536. The molecular formula is C17H19N4O4-. The minimum atomic E-state index is -0.989. The van der Waals surface area contributed by atoms with Gasteiger partial charge in [0.15, 0.2) is 0 Å². The molecule has 8 nitrogen and oxygen atoms in total. The first-order valence-corrected chi connectivity index (χ1v) is 8.34. The van der Waals surface area contributed by atoms with Crippen molar-refractivity contribution in [3.63, 3.8) is 0 Å². The lowest BCUT2D eigenvalue weighted by Gasteiger charge is -2.29. The molecule has 0 bridgehead atoms. The number of aromatic nitrogens is 3. The number of nitrogens with one attached hydrogen (secondary N) is 1. The van der Waals surface area contributed by atoms with Gasteiger partial charge in [-0.3, -0.25) is 9.59 Å². The van der Waals surface area contributed by atoms with E-state index in [1.807, 2.05) is 0 Å². The van der Waals surface area contributed by atoms with Crippen molar-refractivity contribution in [2.45, 2.75) is 32.2 Å². The fourth-order valence-electron chi connectivity index (χ4n) is 3.18. The second-order valence-corrected chi connectivity index (χ2v) is 6.41. The van der Waals surface area contributed by atoms with Gasteiger partial charge in [-0.15, -0.1) is 5.10 Å². The number of fused-ring (bicyclic) bond motifs is 1. The van der Waals surface area contributed by atoms with Crippen LogP contribution >= 0.6 is 0 Å². The van der Waals surface area contributed by atoms with Crippen molar-refractivity contribution in [1.29, 1.82) is 0 Å². The highest BCUT2D eigenvalue weighted by atomic mass is 16.4. The second-order valence-electron chi connectivity index (χ2n) is 6.41. The summed E-state index contributed by atoms with van der Waals surface area (Å²) in [4.78, 5) is 35.2. The summed E-state index contributed by atoms with van der Waals surface area (Å²) in [5.41, 5.74) is 0.143. The molecule has 1 heterocycles. The fraction of sp³-hybridized carbons (Fsp3) is 0.471. The van der Waals surface area contributed by atoms with Crippen LogP contribution in [0.25, 0.3) is 10.9 Å². The number of carboxylic acid groups (broad SMARTS) is 1. The zero-order valence-electron chi connectivity index (χ0n) is 13.7. The fourth-order valence-corrected chi connectivity index (χ4v) is 3.18. The van der Waals surface area contributed by atoms with Crippen molar-refractivity contribution in [1.82, 2.24) is 20.3 Å². The molecular weight excluding hydrogens is 324 g/mol. The molecule has 1 aromatic carbocycles. The Hall–Kier alpha value is -2.77. The van der Waals surface area contributed by atoms with E-state index in [1.165, 1.54) is 0 Å². The lowest BCUT2D eigenvalue weighted by molar-refractivity contribution is -0.312. The van der Waals surface area contributed by atoms with Gasteiger partial charge in [-0.25, -0.2) is 4.68 Å². The normalized spacial score (nSPS) is 20.3. The second kappa shape index (κ2) is 7.42. The number of nitrogens with zero attached hydrogens (tertiary/aromatic N) is 3. The van der Waals surface area contributed by atoms with E-state index in [-0.39, 0.29) is 29.8 Å². The van der Waals surface area contributed by atoms with Gasteiger partial charge in [0.25, 0.3) is 5.56 Å². The predicted molar refractivity (Wildman–Crippen MR) is 87.3 cm³/mol. The summed E-state index contributed by atoms with van der Waals surface area (Å²) in [6.07, 6.45) is 2.65. The highest BCUT2D eigenvalue weighted by molar-refractivity contribution is 5.78. The average molecular weight is 343 g/mol. The van der Waals surface area contributed by atoms with Gasteiger partial charge in [-0.05, 0) is 49.7 Å². The zero-order valence-corrected chi connectivity index (χ0v) is 13.7. The number of amides is 1. The van der Waals surface area contributed by atoms with E-state index < -0.39 is 5.97 Å². The summed E-state index contributed by atoms with van der Waals surface area (Å²) in [5, 5.41) is 21.8. The molecule has 0 atom stereocenters. The molecule has 2 aromatic rings. The maximum absolute atomic E-state index is 12.3. The Morgan fingerprint density at radius 2 is 1.92 bits per heavy atom. The molecule has 0 saturated heterocycles. The third-order valence-corrected chi connectivity index (χ3v) is 4.69.